The van der Waals surface area contributed by atoms with E-state index < -0.39 is 0 Å². The lowest BCUT2D eigenvalue weighted by molar-refractivity contribution is 0.282. The third-order valence-electron chi connectivity index (χ3n) is 4.49. The zero-order chi connectivity index (χ0) is 21.5. The van der Waals surface area contributed by atoms with Crippen molar-refractivity contribution in [3.63, 3.8) is 0 Å². The van der Waals surface area contributed by atoms with Gasteiger partial charge in [-0.1, -0.05) is 47.5 Å². The van der Waals surface area contributed by atoms with E-state index in [1.807, 2.05) is 42.5 Å². The van der Waals surface area contributed by atoms with E-state index in [0.29, 0.717) is 41.2 Å². The van der Waals surface area contributed by atoms with Crippen molar-refractivity contribution >= 4 is 51.5 Å². The second-order valence-corrected chi connectivity index (χ2v) is 8.23. The maximum Gasteiger partial charge on any atom is 0.175 e. The molecule has 1 N–H and O–H groups in total. The van der Waals surface area contributed by atoms with E-state index in [9.17, 15) is 0 Å². The molecule has 3 aromatic carbocycles. The van der Waals surface area contributed by atoms with Crippen LogP contribution >= 0.6 is 51.5 Å². The van der Waals surface area contributed by atoms with Gasteiger partial charge in [0.2, 0.25) is 0 Å². The zero-order valence-corrected chi connectivity index (χ0v) is 21.0. The van der Waals surface area contributed by atoms with Crippen LogP contribution in [-0.2, 0) is 19.7 Å². The Hall–Kier alpha value is -1.63. The van der Waals surface area contributed by atoms with Crippen molar-refractivity contribution in [3.8, 4) is 17.2 Å². The average Bonchev–Trinajstić information content (AvgIpc) is 2.75. The Bertz CT molecular complexity index is 1020. The molecule has 166 valence electrons. The van der Waals surface area contributed by atoms with Crippen molar-refractivity contribution in [1.82, 2.24) is 5.32 Å². The molecule has 0 fully saturated rings. The normalized spacial score (nSPS) is 10.4. The predicted octanol–water partition coefficient (Wildman–Crippen LogP) is 7.06. The maximum absolute atomic E-state index is 6.08. The van der Waals surface area contributed by atoms with Crippen LogP contribution in [0.2, 0.25) is 10.0 Å². The van der Waals surface area contributed by atoms with E-state index in [2.05, 4.69) is 21.2 Å². The van der Waals surface area contributed by atoms with E-state index in [4.69, 9.17) is 37.4 Å². The molecular formula is C23H23BrCl3NO3. The summed E-state index contributed by atoms with van der Waals surface area (Å²) in [5.41, 5.74) is 3.09. The molecule has 0 aliphatic heterocycles. The van der Waals surface area contributed by atoms with E-state index in [-0.39, 0.29) is 12.4 Å². The van der Waals surface area contributed by atoms with Crippen LogP contribution in [0, 0.1) is 0 Å². The highest BCUT2D eigenvalue weighted by atomic mass is 79.9. The van der Waals surface area contributed by atoms with E-state index in [1.54, 1.807) is 26.4 Å². The van der Waals surface area contributed by atoms with Crippen molar-refractivity contribution < 1.29 is 14.2 Å². The van der Waals surface area contributed by atoms with E-state index in [0.717, 1.165) is 26.9 Å². The van der Waals surface area contributed by atoms with Crippen molar-refractivity contribution in [2.75, 3.05) is 14.2 Å². The molecule has 0 radical (unpaired) electrons. The fourth-order valence-electron chi connectivity index (χ4n) is 2.99. The lowest BCUT2D eigenvalue weighted by Gasteiger charge is -2.15. The smallest absolute Gasteiger partial charge is 0.175 e. The van der Waals surface area contributed by atoms with Crippen LogP contribution in [0.3, 0.4) is 0 Å². The van der Waals surface area contributed by atoms with E-state index >= 15 is 0 Å². The molecule has 0 spiro atoms. The molecule has 31 heavy (non-hydrogen) atoms. The fourth-order valence-corrected chi connectivity index (χ4v) is 3.92. The molecule has 0 atom stereocenters. The first-order valence-electron chi connectivity index (χ1n) is 9.27. The summed E-state index contributed by atoms with van der Waals surface area (Å²) >= 11 is 15.7. The molecule has 0 aliphatic rings. The second kappa shape index (κ2) is 12.4. The quantitative estimate of drug-likeness (QED) is 0.311. The molecule has 8 heteroatoms. The largest absolute Gasteiger partial charge is 0.496 e. The molecule has 0 amide bonds. The molecule has 3 rings (SSSR count). The lowest BCUT2D eigenvalue weighted by atomic mass is 10.1. The van der Waals surface area contributed by atoms with Crippen LogP contribution in [0.4, 0.5) is 0 Å². The molecule has 0 aliphatic carbocycles. The first-order valence-corrected chi connectivity index (χ1v) is 10.8. The highest BCUT2D eigenvalue weighted by Gasteiger charge is 2.13. The average molecular weight is 548 g/mol. The molecule has 0 unspecified atom stereocenters. The summed E-state index contributed by atoms with van der Waals surface area (Å²) in [6.07, 6.45) is 0. The summed E-state index contributed by atoms with van der Waals surface area (Å²) in [5.74, 6) is 2.16. The van der Waals surface area contributed by atoms with Crippen molar-refractivity contribution in [2.45, 2.75) is 19.7 Å². The summed E-state index contributed by atoms with van der Waals surface area (Å²) in [5, 5.41) is 4.45. The van der Waals surface area contributed by atoms with Gasteiger partial charge in [0.1, 0.15) is 12.4 Å². The van der Waals surface area contributed by atoms with Gasteiger partial charge >= 0.3 is 0 Å². The molecule has 0 saturated carbocycles. The minimum absolute atomic E-state index is 0. The van der Waals surface area contributed by atoms with Gasteiger partial charge in [-0.25, -0.2) is 0 Å². The van der Waals surface area contributed by atoms with Crippen molar-refractivity contribution in [3.05, 3.63) is 85.8 Å². The minimum atomic E-state index is 0. The Morgan fingerprint density at radius 3 is 2.29 bits per heavy atom. The van der Waals surface area contributed by atoms with Crippen molar-refractivity contribution in [2.24, 2.45) is 0 Å². The van der Waals surface area contributed by atoms with Crippen LogP contribution in [0.25, 0.3) is 0 Å². The van der Waals surface area contributed by atoms with Crippen LogP contribution in [-0.4, -0.2) is 14.2 Å². The van der Waals surface area contributed by atoms with Gasteiger partial charge in [0, 0.05) is 18.7 Å². The van der Waals surface area contributed by atoms with Gasteiger partial charge in [-0.3, -0.25) is 0 Å². The summed E-state index contributed by atoms with van der Waals surface area (Å²) < 4.78 is 17.8. The molecule has 3 aromatic rings. The van der Waals surface area contributed by atoms with Crippen LogP contribution in [0.1, 0.15) is 16.7 Å². The van der Waals surface area contributed by atoms with Gasteiger partial charge < -0.3 is 19.5 Å². The Morgan fingerprint density at radius 2 is 1.58 bits per heavy atom. The fraction of sp³-hybridized carbons (Fsp3) is 0.217. The predicted molar refractivity (Wildman–Crippen MR) is 132 cm³/mol. The Kier molecular flexibility index (Phi) is 10.3. The van der Waals surface area contributed by atoms with Crippen LogP contribution in [0.5, 0.6) is 17.2 Å². The zero-order valence-electron chi connectivity index (χ0n) is 17.1. The first kappa shape index (κ1) is 25.6. The van der Waals surface area contributed by atoms with Gasteiger partial charge in [0.25, 0.3) is 0 Å². The Labute approximate surface area is 207 Å². The summed E-state index contributed by atoms with van der Waals surface area (Å²) in [4.78, 5) is 0. The molecule has 0 heterocycles. The summed E-state index contributed by atoms with van der Waals surface area (Å²) in [7, 11) is 3.30. The standard InChI is InChI=1S/C23H22BrCl2NO3.ClH/c1-28-21-6-4-3-5-17(21)13-27-12-16-9-18(24)23(22(11-16)29-2)30-14-15-7-8-19(25)20(26)10-15;/h3-11,27H,12-14H2,1-2H3;1H. The van der Waals surface area contributed by atoms with Gasteiger partial charge in [-0.2, -0.15) is 0 Å². The SMILES string of the molecule is COc1ccccc1CNCc1cc(Br)c(OCc2ccc(Cl)c(Cl)c2)c(OC)c1.Cl. The van der Waals surface area contributed by atoms with Gasteiger partial charge in [0.05, 0.1) is 28.7 Å². The number of hydrogen-bond acceptors (Lipinski definition) is 4. The number of nitrogens with one attached hydrogen (secondary N) is 1. The highest BCUT2D eigenvalue weighted by Crippen LogP contribution is 2.37. The van der Waals surface area contributed by atoms with Crippen LogP contribution < -0.4 is 19.5 Å². The number of benzene rings is 3. The maximum atomic E-state index is 6.08. The van der Waals surface area contributed by atoms with Gasteiger partial charge in [0.15, 0.2) is 11.5 Å². The third kappa shape index (κ3) is 6.93. The second-order valence-electron chi connectivity index (χ2n) is 6.56. The van der Waals surface area contributed by atoms with E-state index in [1.165, 1.54) is 0 Å². The molecule has 0 aromatic heterocycles. The topological polar surface area (TPSA) is 39.7 Å². The van der Waals surface area contributed by atoms with Crippen molar-refractivity contribution in [1.29, 1.82) is 0 Å². The van der Waals surface area contributed by atoms with Gasteiger partial charge in [-0.15, -0.1) is 12.4 Å². The van der Waals surface area contributed by atoms with Crippen LogP contribution in [0.15, 0.2) is 59.1 Å². The first-order chi connectivity index (χ1) is 14.5. The Morgan fingerprint density at radius 1 is 0.839 bits per heavy atom. The molecule has 0 bridgehead atoms. The number of methoxy groups -OCH3 is 2. The number of ether oxygens (including phenoxy) is 3. The highest BCUT2D eigenvalue weighted by molar-refractivity contribution is 9.10. The number of para-hydroxylation sites is 1. The van der Waals surface area contributed by atoms with Gasteiger partial charge in [-0.05, 0) is 57.4 Å². The lowest BCUT2D eigenvalue weighted by Crippen LogP contribution is -2.13. The monoisotopic (exact) mass is 545 g/mol. The summed E-state index contributed by atoms with van der Waals surface area (Å²) in [6, 6.07) is 17.4. The molecular weight excluding hydrogens is 525 g/mol. The molecule has 0 saturated heterocycles. The number of hydrogen-bond donors (Lipinski definition) is 1. The molecule has 4 nitrogen and oxygen atoms in total. The number of halogens is 4. The Balaban J connectivity index is 0.00000341. The number of rotatable bonds is 9. The summed E-state index contributed by atoms with van der Waals surface area (Å²) in [6.45, 7) is 1.71. The third-order valence-corrected chi connectivity index (χ3v) is 5.82. The minimum Gasteiger partial charge on any atom is -0.496 e.